The lowest BCUT2D eigenvalue weighted by atomic mass is 10.2. The predicted octanol–water partition coefficient (Wildman–Crippen LogP) is 4.40. The Hall–Kier alpha value is -3.39. The Morgan fingerprint density at radius 2 is 1.85 bits per heavy atom. The molecule has 0 unspecified atom stereocenters. The Balaban J connectivity index is 1.91. The Morgan fingerprint density at radius 1 is 1.15 bits per heavy atom. The van der Waals surface area contributed by atoms with Crippen LogP contribution >= 0.6 is 11.6 Å². The van der Waals surface area contributed by atoms with E-state index < -0.39 is 4.92 Å². The normalized spacial score (nSPS) is 11.3. The van der Waals surface area contributed by atoms with Crippen molar-refractivity contribution in [3.8, 4) is 23.0 Å². The molecule has 8 nitrogen and oxygen atoms in total. The van der Waals surface area contributed by atoms with Gasteiger partial charge < -0.3 is 13.9 Å². The third kappa shape index (κ3) is 4.24. The van der Waals surface area contributed by atoms with Crippen LogP contribution < -0.4 is 9.47 Å². The number of non-ortho nitro benzene ring substituents is 1. The van der Waals surface area contributed by atoms with Crippen LogP contribution in [0.25, 0.3) is 22.6 Å². The van der Waals surface area contributed by atoms with Gasteiger partial charge in [0.1, 0.15) is 16.5 Å². The second-order valence-corrected chi connectivity index (χ2v) is 5.77. The molecule has 0 saturated heterocycles. The molecular weight excluding hydrogens is 374 g/mol. The van der Waals surface area contributed by atoms with Crippen molar-refractivity contribution in [1.82, 2.24) is 10.2 Å². The van der Waals surface area contributed by atoms with Crippen LogP contribution in [0.4, 0.5) is 5.69 Å². The van der Waals surface area contributed by atoms with Crippen molar-refractivity contribution in [3.63, 3.8) is 0 Å². The lowest BCUT2D eigenvalue weighted by Gasteiger charge is -2.06. The first-order valence-corrected chi connectivity index (χ1v) is 8.07. The fourth-order valence-electron chi connectivity index (χ4n) is 2.31. The molecule has 0 saturated carbocycles. The number of nitro benzene ring substituents is 1. The van der Waals surface area contributed by atoms with Crippen LogP contribution in [0.3, 0.4) is 0 Å². The molecule has 3 aromatic rings. The van der Waals surface area contributed by atoms with E-state index in [-0.39, 0.29) is 22.5 Å². The van der Waals surface area contributed by atoms with Gasteiger partial charge in [0, 0.05) is 23.8 Å². The molecule has 9 heteroatoms. The number of halogens is 1. The quantitative estimate of drug-likeness (QED) is 0.456. The highest BCUT2D eigenvalue weighted by Gasteiger charge is 2.14. The van der Waals surface area contributed by atoms with Crippen molar-refractivity contribution in [2.24, 2.45) is 0 Å². The average Bonchev–Trinajstić information content (AvgIpc) is 3.18. The minimum Gasteiger partial charge on any atom is -0.497 e. The number of ether oxygens (including phenoxy) is 2. The van der Waals surface area contributed by atoms with Crippen LogP contribution in [0.15, 0.2) is 46.9 Å². The van der Waals surface area contributed by atoms with E-state index in [4.69, 9.17) is 25.5 Å². The van der Waals surface area contributed by atoms with Crippen LogP contribution in [0.2, 0.25) is 0 Å². The summed E-state index contributed by atoms with van der Waals surface area (Å²) in [5.41, 5.74) is 1.07. The number of aromatic nitrogens is 2. The molecule has 0 amide bonds. The molecule has 0 aliphatic carbocycles. The average molecular weight is 388 g/mol. The third-order valence-electron chi connectivity index (χ3n) is 3.60. The fraction of sp³-hybridized carbons (Fsp3) is 0.111. The highest BCUT2D eigenvalue weighted by molar-refractivity contribution is 6.50. The SMILES string of the molecule is COc1cc(/C=C(\Cl)c2nnc(-c3cccc([N+](=O)[O-])c3)o2)cc(OC)c1. The lowest BCUT2D eigenvalue weighted by Crippen LogP contribution is -1.88. The monoisotopic (exact) mass is 387 g/mol. The molecule has 0 fully saturated rings. The van der Waals surface area contributed by atoms with Gasteiger partial charge in [-0.2, -0.15) is 0 Å². The first-order valence-electron chi connectivity index (χ1n) is 7.69. The second-order valence-electron chi connectivity index (χ2n) is 5.36. The minimum atomic E-state index is -0.496. The number of hydrogen-bond donors (Lipinski definition) is 0. The van der Waals surface area contributed by atoms with Gasteiger partial charge in [-0.25, -0.2) is 0 Å². The van der Waals surface area contributed by atoms with Crippen LogP contribution in [-0.2, 0) is 0 Å². The van der Waals surface area contributed by atoms with Crippen molar-refractivity contribution in [2.45, 2.75) is 0 Å². The summed E-state index contributed by atoms with van der Waals surface area (Å²) < 4.78 is 16.0. The second kappa shape index (κ2) is 7.88. The molecule has 1 aromatic heterocycles. The number of rotatable bonds is 6. The van der Waals surface area contributed by atoms with Gasteiger partial charge in [0.25, 0.3) is 11.6 Å². The topological polar surface area (TPSA) is 101 Å². The summed E-state index contributed by atoms with van der Waals surface area (Å²) in [5.74, 6) is 1.42. The van der Waals surface area contributed by atoms with E-state index in [1.165, 1.54) is 18.2 Å². The standard InChI is InChI=1S/C18H14ClN3O5/c1-25-14-6-11(7-15(10-14)26-2)8-16(19)18-21-20-17(27-18)12-4-3-5-13(9-12)22(23)24/h3-10H,1-2H3/b16-8-. The van der Waals surface area contributed by atoms with Gasteiger partial charge in [0.15, 0.2) is 0 Å². The lowest BCUT2D eigenvalue weighted by molar-refractivity contribution is -0.384. The predicted molar refractivity (Wildman–Crippen MR) is 99.7 cm³/mol. The Kier molecular flexibility index (Phi) is 5.37. The third-order valence-corrected chi connectivity index (χ3v) is 3.87. The van der Waals surface area contributed by atoms with Crippen LogP contribution in [-0.4, -0.2) is 29.3 Å². The van der Waals surface area contributed by atoms with Crippen molar-refractivity contribution < 1.29 is 18.8 Å². The van der Waals surface area contributed by atoms with Crippen molar-refractivity contribution in [2.75, 3.05) is 14.2 Å². The Bertz CT molecular complexity index is 993. The number of methoxy groups -OCH3 is 2. The molecule has 0 bridgehead atoms. The first kappa shape index (κ1) is 18.4. The number of nitrogens with zero attached hydrogens (tertiary/aromatic N) is 3. The van der Waals surface area contributed by atoms with Crippen molar-refractivity contribution in [3.05, 3.63) is 64.0 Å². The zero-order chi connectivity index (χ0) is 19.4. The van der Waals surface area contributed by atoms with Gasteiger partial charge >= 0.3 is 0 Å². The zero-order valence-corrected chi connectivity index (χ0v) is 15.1. The van der Waals surface area contributed by atoms with Gasteiger partial charge in [-0.3, -0.25) is 10.1 Å². The maximum absolute atomic E-state index is 10.9. The molecule has 1 heterocycles. The molecule has 138 valence electrons. The zero-order valence-electron chi connectivity index (χ0n) is 14.4. The summed E-state index contributed by atoms with van der Waals surface area (Å²) in [6.45, 7) is 0. The maximum Gasteiger partial charge on any atom is 0.270 e. The molecule has 2 aromatic carbocycles. The van der Waals surface area contributed by atoms with E-state index >= 15 is 0 Å². The van der Waals surface area contributed by atoms with E-state index in [0.29, 0.717) is 22.6 Å². The largest absolute Gasteiger partial charge is 0.497 e. The molecule has 0 aliphatic heterocycles. The first-order chi connectivity index (χ1) is 13.0. The number of hydrogen-bond acceptors (Lipinski definition) is 7. The van der Waals surface area contributed by atoms with Gasteiger partial charge in [-0.05, 0) is 29.8 Å². The molecule has 0 aliphatic rings. The molecule has 0 radical (unpaired) electrons. The van der Waals surface area contributed by atoms with E-state index in [0.717, 1.165) is 0 Å². The van der Waals surface area contributed by atoms with Crippen LogP contribution in [0.5, 0.6) is 11.5 Å². The highest BCUT2D eigenvalue weighted by Crippen LogP contribution is 2.29. The molecule has 0 spiro atoms. The summed E-state index contributed by atoms with van der Waals surface area (Å²) in [5, 5.41) is 18.9. The minimum absolute atomic E-state index is 0.0719. The van der Waals surface area contributed by atoms with E-state index in [9.17, 15) is 10.1 Å². The van der Waals surface area contributed by atoms with E-state index in [1.54, 1.807) is 44.6 Å². The summed E-state index contributed by atoms with van der Waals surface area (Å²) in [6, 6.07) is 11.2. The van der Waals surface area contributed by atoms with Crippen LogP contribution in [0, 0.1) is 10.1 Å². The summed E-state index contributed by atoms with van der Waals surface area (Å²) in [4.78, 5) is 10.4. The Labute approximate surface area is 159 Å². The number of benzene rings is 2. The fourth-order valence-corrected chi connectivity index (χ4v) is 2.51. The Morgan fingerprint density at radius 3 is 2.48 bits per heavy atom. The van der Waals surface area contributed by atoms with Crippen molar-refractivity contribution >= 4 is 28.4 Å². The summed E-state index contributed by atoms with van der Waals surface area (Å²) in [7, 11) is 3.10. The van der Waals surface area contributed by atoms with Crippen molar-refractivity contribution in [1.29, 1.82) is 0 Å². The molecule has 0 N–H and O–H groups in total. The van der Waals surface area contributed by atoms with Gasteiger partial charge in [0.2, 0.25) is 5.89 Å². The smallest absolute Gasteiger partial charge is 0.270 e. The molecule has 0 atom stereocenters. The van der Waals surface area contributed by atoms with E-state index in [2.05, 4.69) is 10.2 Å². The molecular formula is C18H14ClN3O5. The van der Waals surface area contributed by atoms with Gasteiger partial charge in [-0.1, -0.05) is 17.7 Å². The van der Waals surface area contributed by atoms with Gasteiger partial charge in [-0.15, -0.1) is 10.2 Å². The van der Waals surface area contributed by atoms with Gasteiger partial charge in [0.05, 0.1) is 19.1 Å². The van der Waals surface area contributed by atoms with E-state index in [1.807, 2.05) is 0 Å². The highest BCUT2D eigenvalue weighted by atomic mass is 35.5. The molecule has 3 rings (SSSR count). The maximum atomic E-state index is 10.9. The summed E-state index contributed by atoms with van der Waals surface area (Å²) >= 11 is 6.29. The summed E-state index contributed by atoms with van der Waals surface area (Å²) in [6.07, 6.45) is 1.62. The van der Waals surface area contributed by atoms with Crippen LogP contribution in [0.1, 0.15) is 11.5 Å². The number of nitro groups is 1. The molecule has 27 heavy (non-hydrogen) atoms.